The van der Waals surface area contributed by atoms with E-state index in [1.54, 1.807) is 13.8 Å². The van der Waals surface area contributed by atoms with Gasteiger partial charge in [0.2, 0.25) is 0 Å². The summed E-state index contributed by atoms with van der Waals surface area (Å²) >= 11 is 0. The lowest BCUT2D eigenvalue weighted by Crippen LogP contribution is -2.49. The number of hydrogen-bond donors (Lipinski definition) is 2. The van der Waals surface area contributed by atoms with Crippen molar-refractivity contribution < 1.29 is 9.59 Å². The molecule has 3 amide bonds. The van der Waals surface area contributed by atoms with Crippen LogP contribution in [0.5, 0.6) is 0 Å². The van der Waals surface area contributed by atoms with E-state index in [2.05, 4.69) is 46.7 Å². The molecule has 2 saturated heterocycles. The van der Waals surface area contributed by atoms with Gasteiger partial charge in [0.05, 0.1) is 0 Å². The first-order valence-electron chi connectivity index (χ1n) is 9.10. The lowest BCUT2D eigenvalue weighted by Gasteiger charge is -2.37. The fourth-order valence-corrected chi connectivity index (χ4v) is 3.57. The summed E-state index contributed by atoms with van der Waals surface area (Å²) in [7, 11) is 0. The van der Waals surface area contributed by atoms with Gasteiger partial charge in [-0.3, -0.25) is 14.6 Å². The second kappa shape index (κ2) is 8.37. The van der Waals surface area contributed by atoms with Gasteiger partial charge in [-0.15, -0.1) is 12.4 Å². The van der Waals surface area contributed by atoms with E-state index in [1.165, 1.54) is 16.0 Å². The van der Waals surface area contributed by atoms with Crippen LogP contribution in [0.3, 0.4) is 0 Å². The van der Waals surface area contributed by atoms with Gasteiger partial charge in [-0.2, -0.15) is 0 Å². The maximum absolute atomic E-state index is 12.3. The highest BCUT2D eigenvalue weighted by molar-refractivity contribution is 6.06. The molecule has 1 atom stereocenters. The highest BCUT2D eigenvalue weighted by Gasteiger charge is 2.44. The predicted octanol–water partition coefficient (Wildman–Crippen LogP) is 1.95. The van der Waals surface area contributed by atoms with Crippen molar-refractivity contribution in [2.24, 2.45) is 0 Å². The number of imide groups is 1. The van der Waals surface area contributed by atoms with Gasteiger partial charge in [0.25, 0.3) is 5.91 Å². The quantitative estimate of drug-likeness (QED) is 0.766. The fraction of sp³-hybridized carbons (Fsp3) is 0.579. The van der Waals surface area contributed by atoms with Gasteiger partial charge in [0, 0.05) is 38.8 Å². The number of urea groups is 1. The Kier molecular flexibility index (Phi) is 6.66. The molecular weight excluding hydrogens is 352 g/mol. The molecular formula is C19H29ClN4O2. The number of aryl methyl sites for hydroxylation is 1. The Morgan fingerprint density at radius 2 is 1.85 bits per heavy atom. The molecule has 0 radical (unpaired) electrons. The molecule has 0 bridgehead atoms. The second-order valence-corrected chi connectivity index (χ2v) is 7.36. The first kappa shape index (κ1) is 20.7. The van der Waals surface area contributed by atoms with Crippen molar-refractivity contribution in [2.75, 3.05) is 32.7 Å². The molecule has 0 spiro atoms. The Hall–Kier alpha value is -1.63. The predicted molar refractivity (Wildman–Crippen MR) is 105 cm³/mol. The molecule has 6 nitrogen and oxygen atoms in total. The first-order chi connectivity index (χ1) is 11.9. The van der Waals surface area contributed by atoms with Crippen molar-refractivity contribution in [3.63, 3.8) is 0 Å². The monoisotopic (exact) mass is 380 g/mol. The summed E-state index contributed by atoms with van der Waals surface area (Å²) in [6.45, 7) is 9.49. The number of carbonyl (C=O) groups is 2. The van der Waals surface area contributed by atoms with Crippen molar-refractivity contribution in [1.82, 2.24) is 20.4 Å². The molecule has 0 aromatic heterocycles. The van der Waals surface area contributed by atoms with Gasteiger partial charge in [-0.05, 0) is 31.4 Å². The van der Waals surface area contributed by atoms with E-state index in [-0.39, 0.29) is 30.4 Å². The number of benzene rings is 1. The zero-order valence-electron chi connectivity index (χ0n) is 15.7. The van der Waals surface area contributed by atoms with E-state index < -0.39 is 5.54 Å². The van der Waals surface area contributed by atoms with Crippen LogP contribution in [-0.2, 0) is 11.2 Å². The van der Waals surface area contributed by atoms with Crippen LogP contribution in [0.15, 0.2) is 24.3 Å². The fourth-order valence-electron chi connectivity index (χ4n) is 3.57. The molecule has 1 aromatic carbocycles. The van der Waals surface area contributed by atoms with Gasteiger partial charge < -0.3 is 10.6 Å². The third-order valence-electron chi connectivity index (χ3n) is 5.18. The van der Waals surface area contributed by atoms with E-state index >= 15 is 0 Å². The number of amides is 3. The summed E-state index contributed by atoms with van der Waals surface area (Å²) in [5.41, 5.74) is 1.82. The lowest BCUT2D eigenvalue weighted by molar-refractivity contribution is -0.130. The maximum Gasteiger partial charge on any atom is 0.325 e. The van der Waals surface area contributed by atoms with Crippen LogP contribution >= 0.6 is 12.4 Å². The Morgan fingerprint density at radius 1 is 1.15 bits per heavy atom. The van der Waals surface area contributed by atoms with Crippen molar-refractivity contribution in [2.45, 2.75) is 38.8 Å². The molecule has 0 saturated carbocycles. The minimum Gasteiger partial charge on any atom is -0.324 e. The van der Waals surface area contributed by atoms with Gasteiger partial charge in [0.1, 0.15) is 5.54 Å². The third-order valence-corrected chi connectivity index (χ3v) is 5.18. The van der Waals surface area contributed by atoms with E-state index in [9.17, 15) is 9.59 Å². The largest absolute Gasteiger partial charge is 0.325 e. The summed E-state index contributed by atoms with van der Waals surface area (Å²) in [6.07, 6.45) is 1.04. The summed E-state index contributed by atoms with van der Waals surface area (Å²) in [6, 6.07) is 8.74. The number of piperazine rings is 1. The number of carbonyl (C=O) groups excluding carboxylic acids is 2. The standard InChI is InChI=1S/C19H28N4O2.ClH/c1-4-14-5-7-15(8-6-14)16-13-20-9-10-22(16)11-12-23-17(24)19(2,3)21-18(23)25;/h5-8,16,20H,4,9-13H2,1-3H3,(H,21,25);1H. The van der Waals surface area contributed by atoms with Crippen LogP contribution in [0.1, 0.15) is 37.9 Å². The number of hydrogen-bond acceptors (Lipinski definition) is 4. The van der Waals surface area contributed by atoms with Crippen LogP contribution < -0.4 is 10.6 Å². The van der Waals surface area contributed by atoms with Gasteiger partial charge in [0.15, 0.2) is 0 Å². The van der Waals surface area contributed by atoms with Crippen LogP contribution in [0.2, 0.25) is 0 Å². The Balaban J connectivity index is 0.00000243. The topological polar surface area (TPSA) is 64.7 Å². The first-order valence-corrected chi connectivity index (χ1v) is 9.10. The van der Waals surface area contributed by atoms with E-state index in [4.69, 9.17) is 0 Å². The zero-order valence-corrected chi connectivity index (χ0v) is 16.6. The number of halogens is 1. The highest BCUT2D eigenvalue weighted by atomic mass is 35.5. The van der Waals surface area contributed by atoms with Crippen LogP contribution in [-0.4, -0.2) is 60.0 Å². The second-order valence-electron chi connectivity index (χ2n) is 7.36. The normalized spacial score (nSPS) is 22.9. The van der Waals surface area contributed by atoms with Gasteiger partial charge in [-0.25, -0.2) is 4.79 Å². The Morgan fingerprint density at radius 3 is 2.42 bits per heavy atom. The molecule has 144 valence electrons. The Labute approximate surface area is 161 Å². The van der Waals surface area contributed by atoms with Crippen LogP contribution in [0.25, 0.3) is 0 Å². The summed E-state index contributed by atoms with van der Waals surface area (Å²) in [4.78, 5) is 28.1. The summed E-state index contributed by atoms with van der Waals surface area (Å²) < 4.78 is 0. The molecule has 2 aliphatic rings. The van der Waals surface area contributed by atoms with Crippen molar-refractivity contribution in [1.29, 1.82) is 0 Å². The van der Waals surface area contributed by atoms with Crippen molar-refractivity contribution in [3.8, 4) is 0 Å². The molecule has 2 heterocycles. The number of nitrogens with zero attached hydrogens (tertiary/aromatic N) is 2. The lowest BCUT2D eigenvalue weighted by atomic mass is 10.0. The molecule has 1 aromatic rings. The van der Waals surface area contributed by atoms with Crippen LogP contribution in [0, 0.1) is 0 Å². The minimum atomic E-state index is -0.796. The Bertz CT molecular complexity index is 647. The smallest absolute Gasteiger partial charge is 0.324 e. The molecule has 7 heteroatoms. The van der Waals surface area contributed by atoms with E-state index in [0.717, 1.165) is 26.1 Å². The summed E-state index contributed by atoms with van der Waals surface area (Å²) in [5.74, 6) is -0.142. The molecule has 2 fully saturated rings. The van der Waals surface area contributed by atoms with Crippen molar-refractivity contribution in [3.05, 3.63) is 35.4 Å². The molecule has 2 N–H and O–H groups in total. The zero-order chi connectivity index (χ0) is 18.0. The molecule has 2 aliphatic heterocycles. The average molecular weight is 381 g/mol. The van der Waals surface area contributed by atoms with Gasteiger partial charge >= 0.3 is 6.03 Å². The van der Waals surface area contributed by atoms with E-state index in [0.29, 0.717) is 13.1 Å². The van der Waals surface area contributed by atoms with E-state index in [1.807, 2.05) is 0 Å². The summed E-state index contributed by atoms with van der Waals surface area (Å²) in [5, 5.41) is 6.19. The number of rotatable bonds is 5. The van der Waals surface area contributed by atoms with Crippen molar-refractivity contribution >= 4 is 24.3 Å². The number of nitrogens with one attached hydrogen (secondary N) is 2. The molecule has 1 unspecified atom stereocenters. The minimum absolute atomic E-state index is 0. The van der Waals surface area contributed by atoms with Crippen LogP contribution in [0.4, 0.5) is 4.79 Å². The molecule has 0 aliphatic carbocycles. The molecule has 3 rings (SSSR count). The SMILES string of the molecule is CCc1ccc(C2CNCCN2CCN2C(=O)NC(C)(C)C2=O)cc1.Cl. The highest BCUT2D eigenvalue weighted by Crippen LogP contribution is 2.23. The average Bonchev–Trinajstić information content (AvgIpc) is 2.81. The third kappa shape index (κ3) is 4.19. The van der Waals surface area contributed by atoms with Gasteiger partial charge in [-0.1, -0.05) is 31.2 Å². The molecule has 26 heavy (non-hydrogen) atoms. The maximum atomic E-state index is 12.3.